The van der Waals surface area contributed by atoms with Gasteiger partial charge in [-0.2, -0.15) is 0 Å². The van der Waals surface area contributed by atoms with Gasteiger partial charge in [0.25, 0.3) is 5.91 Å². The summed E-state index contributed by atoms with van der Waals surface area (Å²) in [6.45, 7) is 1.70. The number of carbonyl (C=O) groups is 2. The van der Waals surface area contributed by atoms with Crippen molar-refractivity contribution >= 4 is 40.7 Å². The van der Waals surface area contributed by atoms with Crippen molar-refractivity contribution in [3.63, 3.8) is 0 Å². The quantitative estimate of drug-likeness (QED) is 0.271. The van der Waals surface area contributed by atoms with Crippen molar-refractivity contribution in [2.45, 2.75) is 25.9 Å². The fourth-order valence-electron chi connectivity index (χ4n) is 4.68. The normalized spacial score (nSPS) is 12.6. The minimum absolute atomic E-state index is 0.0772. The number of halogens is 2. The first-order valence-corrected chi connectivity index (χ1v) is 13.0. The summed E-state index contributed by atoms with van der Waals surface area (Å²) >= 11 is 12.5. The van der Waals surface area contributed by atoms with Crippen LogP contribution in [0.4, 0.5) is 5.69 Å². The number of hydrogen-bond acceptors (Lipinski definition) is 2. The second-order valence-electron chi connectivity index (χ2n) is 9.18. The van der Waals surface area contributed by atoms with Crippen LogP contribution in [0.25, 0.3) is 0 Å². The molecule has 5 rings (SSSR count). The number of nitrogens with zero attached hydrogens (tertiary/aromatic N) is 2. The maximum atomic E-state index is 13.7. The second-order valence-corrected chi connectivity index (χ2v) is 10.0. The SMILES string of the molecule is O=C(Cc1cccc(N(Cc2ccccc2)C(=O)c2ccc(Cl)cc2Cl)c1)N1CCc2ccccc2C1. The van der Waals surface area contributed by atoms with Crippen LogP contribution in [0.1, 0.15) is 32.6 Å². The average molecular weight is 529 g/mol. The third kappa shape index (κ3) is 5.87. The zero-order valence-corrected chi connectivity index (χ0v) is 21.8. The van der Waals surface area contributed by atoms with E-state index in [4.69, 9.17) is 23.2 Å². The highest BCUT2D eigenvalue weighted by atomic mass is 35.5. The molecule has 1 aliphatic rings. The summed E-state index contributed by atoms with van der Waals surface area (Å²) < 4.78 is 0. The van der Waals surface area contributed by atoms with Gasteiger partial charge in [-0.3, -0.25) is 9.59 Å². The lowest BCUT2D eigenvalue weighted by Gasteiger charge is -2.29. The lowest BCUT2D eigenvalue weighted by molar-refractivity contribution is -0.131. The molecule has 186 valence electrons. The van der Waals surface area contributed by atoms with Crippen molar-refractivity contribution < 1.29 is 9.59 Å². The molecule has 4 aromatic rings. The largest absolute Gasteiger partial charge is 0.338 e. The zero-order chi connectivity index (χ0) is 25.8. The summed E-state index contributed by atoms with van der Waals surface area (Å²) in [5, 5.41) is 0.768. The highest BCUT2D eigenvalue weighted by molar-refractivity contribution is 6.37. The molecule has 0 N–H and O–H groups in total. The van der Waals surface area contributed by atoms with Gasteiger partial charge < -0.3 is 9.80 Å². The van der Waals surface area contributed by atoms with Gasteiger partial charge in [-0.1, -0.05) is 89.9 Å². The summed E-state index contributed by atoms with van der Waals surface area (Å²) in [7, 11) is 0. The minimum atomic E-state index is -0.235. The Labute approximate surface area is 227 Å². The van der Waals surface area contributed by atoms with E-state index in [2.05, 4.69) is 12.1 Å². The predicted molar refractivity (Wildman–Crippen MR) is 149 cm³/mol. The smallest absolute Gasteiger partial charge is 0.260 e. The molecule has 0 bridgehead atoms. The highest BCUT2D eigenvalue weighted by Gasteiger charge is 2.23. The number of anilines is 1. The molecule has 37 heavy (non-hydrogen) atoms. The summed E-state index contributed by atoms with van der Waals surface area (Å²) in [6.07, 6.45) is 1.13. The van der Waals surface area contributed by atoms with E-state index < -0.39 is 0 Å². The van der Waals surface area contributed by atoms with Gasteiger partial charge in [0.05, 0.1) is 23.6 Å². The summed E-state index contributed by atoms with van der Waals surface area (Å²) in [6, 6.07) is 30.6. The molecule has 0 radical (unpaired) electrons. The van der Waals surface area contributed by atoms with Gasteiger partial charge in [0.15, 0.2) is 0 Å². The third-order valence-electron chi connectivity index (χ3n) is 6.65. The van der Waals surface area contributed by atoms with Crippen molar-refractivity contribution in [2.75, 3.05) is 11.4 Å². The number of hydrogen-bond donors (Lipinski definition) is 0. The van der Waals surface area contributed by atoms with Gasteiger partial charge in [0.2, 0.25) is 5.91 Å². The molecule has 1 heterocycles. The second kappa shape index (κ2) is 11.2. The van der Waals surface area contributed by atoms with Gasteiger partial charge >= 0.3 is 0 Å². The van der Waals surface area contributed by atoms with Gasteiger partial charge in [0.1, 0.15) is 0 Å². The number of amides is 2. The third-order valence-corrected chi connectivity index (χ3v) is 7.20. The van der Waals surface area contributed by atoms with Gasteiger partial charge in [-0.25, -0.2) is 0 Å². The molecular formula is C31H26Cl2N2O2. The van der Waals surface area contributed by atoms with Crippen molar-refractivity contribution in [1.29, 1.82) is 0 Å². The molecule has 4 aromatic carbocycles. The Kier molecular flexibility index (Phi) is 7.59. The van der Waals surface area contributed by atoms with Crippen LogP contribution in [0.5, 0.6) is 0 Å². The number of fused-ring (bicyclic) bond motifs is 1. The number of carbonyl (C=O) groups excluding carboxylic acids is 2. The van der Waals surface area contributed by atoms with Gasteiger partial charge in [-0.15, -0.1) is 0 Å². The molecule has 0 spiro atoms. The zero-order valence-electron chi connectivity index (χ0n) is 20.2. The molecule has 0 fully saturated rings. The Morgan fingerprint density at radius 1 is 0.784 bits per heavy atom. The van der Waals surface area contributed by atoms with Crippen LogP contribution in [0.2, 0.25) is 10.0 Å². The van der Waals surface area contributed by atoms with E-state index in [1.807, 2.05) is 71.6 Å². The van der Waals surface area contributed by atoms with Crippen LogP contribution in [-0.4, -0.2) is 23.3 Å². The van der Waals surface area contributed by atoms with Crippen LogP contribution >= 0.6 is 23.2 Å². The van der Waals surface area contributed by atoms with E-state index in [1.165, 1.54) is 11.1 Å². The first-order chi connectivity index (χ1) is 18.0. The molecule has 2 amide bonds. The minimum Gasteiger partial charge on any atom is -0.338 e. The average Bonchev–Trinajstić information content (AvgIpc) is 2.92. The Morgan fingerprint density at radius 3 is 2.30 bits per heavy atom. The predicted octanol–water partition coefficient (Wildman–Crippen LogP) is 6.97. The van der Waals surface area contributed by atoms with E-state index >= 15 is 0 Å². The van der Waals surface area contributed by atoms with Gasteiger partial charge in [0, 0.05) is 23.8 Å². The molecule has 0 unspecified atom stereocenters. The monoisotopic (exact) mass is 528 g/mol. The Bertz CT molecular complexity index is 1440. The maximum absolute atomic E-state index is 13.7. The summed E-state index contributed by atoms with van der Waals surface area (Å²) in [4.78, 5) is 30.5. The van der Waals surface area contributed by atoms with Crippen molar-refractivity contribution in [1.82, 2.24) is 4.90 Å². The van der Waals surface area contributed by atoms with Crippen LogP contribution in [0.15, 0.2) is 97.1 Å². The molecule has 0 saturated heterocycles. The molecule has 0 atom stereocenters. The lowest BCUT2D eigenvalue weighted by Crippen LogP contribution is -2.37. The fraction of sp³-hybridized carbons (Fsp3) is 0.161. The van der Waals surface area contributed by atoms with Gasteiger partial charge in [-0.05, 0) is 59.0 Å². The molecule has 6 heteroatoms. The van der Waals surface area contributed by atoms with E-state index in [-0.39, 0.29) is 18.2 Å². The molecule has 0 aromatic heterocycles. The summed E-state index contributed by atoms with van der Waals surface area (Å²) in [5.74, 6) is -0.157. The molecular weight excluding hydrogens is 503 g/mol. The van der Waals surface area contributed by atoms with Crippen molar-refractivity contribution in [3.8, 4) is 0 Å². The fourth-order valence-corrected chi connectivity index (χ4v) is 5.17. The molecule has 4 nitrogen and oxygen atoms in total. The Balaban J connectivity index is 1.40. The molecule has 0 saturated carbocycles. The number of rotatable bonds is 6. The lowest BCUT2D eigenvalue weighted by atomic mass is 9.99. The van der Waals surface area contributed by atoms with E-state index in [0.29, 0.717) is 40.9 Å². The van der Waals surface area contributed by atoms with E-state index in [1.54, 1.807) is 23.1 Å². The van der Waals surface area contributed by atoms with Crippen LogP contribution in [0.3, 0.4) is 0 Å². The van der Waals surface area contributed by atoms with Crippen LogP contribution < -0.4 is 4.90 Å². The summed E-state index contributed by atoms with van der Waals surface area (Å²) in [5.41, 5.74) is 5.42. The van der Waals surface area contributed by atoms with E-state index in [0.717, 1.165) is 17.5 Å². The van der Waals surface area contributed by atoms with Crippen LogP contribution in [-0.2, 0) is 30.7 Å². The molecule has 1 aliphatic heterocycles. The maximum Gasteiger partial charge on any atom is 0.260 e. The van der Waals surface area contributed by atoms with Crippen molar-refractivity contribution in [3.05, 3.63) is 135 Å². The highest BCUT2D eigenvalue weighted by Crippen LogP contribution is 2.27. The first-order valence-electron chi connectivity index (χ1n) is 12.2. The van der Waals surface area contributed by atoms with Crippen LogP contribution in [0, 0.1) is 0 Å². The first kappa shape index (κ1) is 25.1. The Hall–Kier alpha value is -3.60. The standard InChI is InChI=1S/C31H26Cl2N2O2/c32-26-13-14-28(29(33)19-26)31(37)35(20-22-7-2-1-3-8-22)27-12-6-9-23(17-27)18-30(36)34-16-15-24-10-4-5-11-25(24)21-34/h1-14,17,19H,15-16,18,20-21H2. The Morgan fingerprint density at radius 2 is 1.51 bits per heavy atom. The number of benzene rings is 4. The molecule has 0 aliphatic carbocycles. The van der Waals surface area contributed by atoms with Crippen molar-refractivity contribution in [2.24, 2.45) is 0 Å². The topological polar surface area (TPSA) is 40.6 Å². The van der Waals surface area contributed by atoms with E-state index in [9.17, 15) is 9.59 Å².